The molecule has 0 unspecified atom stereocenters. The minimum absolute atomic E-state index is 0.0649. The summed E-state index contributed by atoms with van der Waals surface area (Å²) in [5, 5.41) is 2.79. The van der Waals surface area contributed by atoms with Gasteiger partial charge in [-0.15, -0.1) is 0 Å². The Morgan fingerprint density at radius 2 is 1.48 bits per heavy atom. The average Bonchev–Trinajstić information content (AvgIpc) is 3.02. The highest BCUT2D eigenvalue weighted by atomic mass is 16.5. The standard InChI is InChI=1S/C23H22N2O2/c24-14-13-16-9-11-17(12-10-16)25-23(26)27-15-22-20-7-3-1-5-18(20)19-6-2-4-8-21(19)22/h1-12,22H,13-15,24H2,(H,25,26). The Bertz CT molecular complexity index is 905. The number of carbonyl (C=O) groups is 1. The SMILES string of the molecule is NCCc1ccc(NC(=O)OCC2c3ccccc3-c3ccccc32)cc1. The zero-order valence-corrected chi connectivity index (χ0v) is 15.0. The second-order valence-electron chi connectivity index (χ2n) is 6.69. The summed E-state index contributed by atoms with van der Waals surface area (Å²) in [5.41, 5.74) is 12.3. The predicted octanol–water partition coefficient (Wildman–Crippen LogP) is 4.55. The number of hydrogen-bond donors (Lipinski definition) is 2. The Kier molecular flexibility index (Phi) is 4.90. The summed E-state index contributed by atoms with van der Waals surface area (Å²) in [5.74, 6) is 0.0649. The van der Waals surface area contributed by atoms with Crippen LogP contribution in [0.4, 0.5) is 10.5 Å². The van der Waals surface area contributed by atoms with Crippen LogP contribution in [0.2, 0.25) is 0 Å². The van der Waals surface area contributed by atoms with Crippen molar-refractivity contribution in [3.63, 3.8) is 0 Å². The third kappa shape index (κ3) is 3.57. The Labute approximate surface area is 159 Å². The van der Waals surface area contributed by atoms with Gasteiger partial charge in [-0.05, 0) is 52.9 Å². The van der Waals surface area contributed by atoms with Crippen molar-refractivity contribution in [2.24, 2.45) is 5.73 Å². The lowest BCUT2D eigenvalue weighted by atomic mass is 9.98. The molecule has 0 atom stereocenters. The zero-order valence-electron chi connectivity index (χ0n) is 15.0. The second-order valence-corrected chi connectivity index (χ2v) is 6.69. The zero-order chi connectivity index (χ0) is 18.6. The van der Waals surface area contributed by atoms with Crippen LogP contribution < -0.4 is 11.1 Å². The molecule has 3 aromatic rings. The number of fused-ring (bicyclic) bond motifs is 3. The molecule has 0 radical (unpaired) electrons. The molecule has 4 nitrogen and oxygen atoms in total. The van der Waals surface area contributed by atoms with Gasteiger partial charge in [0, 0.05) is 11.6 Å². The van der Waals surface area contributed by atoms with Crippen molar-refractivity contribution in [1.82, 2.24) is 0 Å². The molecule has 4 heteroatoms. The number of nitrogens with two attached hydrogens (primary N) is 1. The molecule has 0 spiro atoms. The van der Waals surface area contributed by atoms with Crippen LogP contribution in [-0.4, -0.2) is 19.2 Å². The maximum absolute atomic E-state index is 12.3. The molecule has 3 aromatic carbocycles. The maximum Gasteiger partial charge on any atom is 0.411 e. The fourth-order valence-corrected chi connectivity index (χ4v) is 3.67. The molecular formula is C23H22N2O2. The van der Waals surface area contributed by atoms with Gasteiger partial charge in [0.2, 0.25) is 0 Å². The summed E-state index contributed by atoms with van der Waals surface area (Å²) in [6.07, 6.45) is 0.383. The number of carbonyl (C=O) groups excluding carboxylic acids is 1. The van der Waals surface area contributed by atoms with Crippen LogP contribution in [0, 0.1) is 0 Å². The van der Waals surface area contributed by atoms with Gasteiger partial charge in [-0.25, -0.2) is 4.79 Å². The molecule has 0 saturated heterocycles. The summed E-state index contributed by atoms with van der Waals surface area (Å²) in [4.78, 5) is 12.3. The van der Waals surface area contributed by atoms with E-state index in [1.807, 2.05) is 48.5 Å². The molecule has 27 heavy (non-hydrogen) atoms. The van der Waals surface area contributed by atoms with Crippen LogP contribution in [0.15, 0.2) is 72.8 Å². The van der Waals surface area contributed by atoms with Crippen molar-refractivity contribution in [1.29, 1.82) is 0 Å². The van der Waals surface area contributed by atoms with Gasteiger partial charge in [-0.3, -0.25) is 5.32 Å². The lowest BCUT2D eigenvalue weighted by molar-refractivity contribution is 0.158. The van der Waals surface area contributed by atoms with Crippen molar-refractivity contribution in [3.05, 3.63) is 89.5 Å². The van der Waals surface area contributed by atoms with E-state index in [0.29, 0.717) is 18.8 Å². The van der Waals surface area contributed by atoms with E-state index in [2.05, 4.69) is 29.6 Å². The van der Waals surface area contributed by atoms with Crippen molar-refractivity contribution < 1.29 is 9.53 Å². The molecule has 1 amide bonds. The van der Waals surface area contributed by atoms with E-state index >= 15 is 0 Å². The number of nitrogens with one attached hydrogen (secondary N) is 1. The second kappa shape index (κ2) is 7.64. The molecule has 136 valence electrons. The highest BCUT2D eigenvalue weighted by molar-refractivity contribution is 5.85. The minimum Gasteiger partial charge on any atom is -0.448 e. The molecule has 0 heterocycles. The van der Waals surface area contributed by atoms with Crippen molar-refractivity contribution in [3.8, 4) is 11.1 Å². The number of amides is 1. The first-order chi connectivity index (χ1) is 13.3. The summed E-state index contributed by atoms with van der Waals surface area (Å²) >= 11 is 0. The molecule has 1 aliphatic rings. The molecule has 1 aliphatic carbocycles. The fraction of sp³-hybridized carbons (Fsp3) is 0.174. The third-order valence-electron chi connectivity index (χ3n) is 4.98. The average molecular weight is 358 g/mol. The number of anilines is 1. The molecule has 3 N–H and O–H groups in total. The lowest BCUT2D eigenvalue weighted by Crippen LogP contribution is -2.17. The third-order valence-corrected chi connectivity index (χ3v) is 4.98. The van der Waals surface area contributed by atoms with E-state index in [1.165, 1.54) is 22.3 Å². The van der Waals surface area contributed by atoms with Crippen LogP contribution >= 0.6 is 0 Å². The van der Waals surface area contributed by atoms with Crippen LogP contribution in [0.5, 0.6) is 0 Å². The van der Waals surface area contributed by atoms with E-state index in [0.717, 1.165) is 12.0 Å². The first-order valence-electron chi connectivity index (χ1n) is 9.17. The minimum atomic E-state index is -0.441. The summed E-state index contributed by atoms with van der Waals surface area (Å²) in [7, 11) is 0. The summed E-state index contributed by atoms with van der Waals surface area (Å²) in [6, 6.07) is 24.3. The van der Waals surface area contributed by atoms with Crippen molar-refractivity contribution in [2.45, 2.75) is 12.3 Å². The molecule has 0 bridgehead atoms. The number of benzene rings is 3. The highest BCUT2D eigenvalue weighted by Gasteiger charge is 2.28. The summed E-state index contributed by atoms with van der Waals surface area (Å²) in [6.45, 7) is 0.921. The Morgan fingerprint density at radius 3 is 2.07 bits per heavy atom. The number of hydrogen-bond acceptors (Lipinski definition) is 3. The lowest BCUT2D eigenvalue weighted by Gasteiger charge is -2.14. The number of ether oxygens (including phenoxy) is 1. The van der Waals surface area contributed by atoms with E-state index in [9.17, 15) is 4.79 Å². The van der Waals surface area contributed by atoms with E-state index in [4.69, 9.17) is 10.5 Å². The normalized spacial score (nSPS) is 12.3. The first-order valence-corrected chi connectivity index (χ1v) is 9.17. The van der Waals surface area contributed by atoms with Crippen LogP contribution in [0.25, 0.3) is 11.1 Å². The topological polar surface area (TPSA) is 64.3 Å². The highest BCUT2D eigenvalue weighted by Crippen LogP contribution is 2.44. The van der Waals surface area contributed by atoms with E-state index < -0.39 is 6.09 Å². The van der Waals surface area contributed by atoms with Gasteiger partial charge < -0.3 is 10.5 Å². The van der Waals surface area contributed by atoms with Gasteiger partial charge >= 0.3 is 6.09 Å². The Balaban J connectivity index is 1.43. The van der Waals surface area contributed by atoms with Gasteiger partial charge in [0.05, 0.1) is 0 Å². The Morgan fingerprint density at radius 1 is 0.889 bits per heavy atom. The van der Waals surface area contributed by atoms with Gasteiger partial charge in [0.1, 0.15) is 6.61 Å². The van der Waals surface area contributed by atoms with Gasteiger partial charge in [-0.2, -0.15) is 0 Å². The maximum atomic E-state index is 12.3. The smallest absolute Gasteiger partial charge is 0.411 e. The van der Waals surface area contributed by atoms with Crippen LogP contribution in [0.3, 0.4) is 0 Å². The molecule has 0 fully saturated rings. The summed E-state index contributed by atoms with van der Waals surface area (Å²) < 4.78 is 5.55. The van der Waals surface area contributed by atoms with Crippen molar-refractivity contribution >= 4 is 11.8 Å². The Hall–Kier alpha value is -3.11. The molecule has 0 aromatic heterocycles. The van der Waals surface area contributed by atoms with Gasteiger partial charge in [-0.1, -0.05) is 60.7 Å². The molecule has 0 aliphatic heterocycles. The van der Waals surface area contributed by atoms with Crippen LogP contribution in [-0.2, 0) is 11.2 Å². The van der Waals surface area contributed by atoms with Gasteiger partial charge in [0.15, 0.2) is 0 Å². The van der Waals surface area contributed by atoms with E-state index in [-0.39, 0.29) is 5.92 Å². The number of rotatable bonds is 5. The van der Waals surface area contributed by atoms with Crippen molar-refractivity contribution in [2.75, 3.05) is 18.5 Å². The molecule has 4 rings (SSSR count). The van der Waals surface area contributed by atoms with Crippen LogP contribution in [0.1, 0.15) is 22.6 Å². The molecule has 0 saturated carbocycles. The fourth-order valence-electron chi connectivity index (χ4n) is 3.67. The quantitative estimate of drug-likeness (QED) is 0.703. The molecular weight excluding hydrogens is 336 g/mol. The monoisotopic (exact) mass is 358 g/mol. The predicted molar refractivity (Wildman–Crippen MR) is 108 cm³/mol. The van der Waals surface area contributed by atoms with Gasteiger partial charge in [0.25, 0.3) is 0 Å². The van der Waals surface area contributed by atoms with E-state index in [1.54, 1.807) is 0 Å². The first kappa shape index (κ1) is 17.3. The largest absolute Gasteiger partial charge is 0.448 e.